The van der Waals surface area contributed by atoms with Crippen LogP contribution in [0.1, 0.15) is 43.0 Å². The quantitative estimate of drug-likeness (QED) is 0.838. The highest BCUT2D eigenvalue weighted by molar-refractivity contribution is 5.99. The van der Waals surface area contributed by atoms with Crippen LogP contribution < -0.4 is 10.6 Å². The molecule has 0 saturated heterocycles. The van der Waals surface area contributed by atoms with Crippen LogP contribution in [-0.2, 0) is 0 Å². The predicted octanol–water partition coefficient (Wildman–Crippen LogP) is 3.04. The van der Waals surface area contributed by atoms with E-state index < -0.39 is 0 Å². The highest BCUT2D eigenvalue weighted by Crippen LogP contribution is 2.43. The van der Waals surface area contributed by atoms with Crippen molar-refractivity contribution in [1.82, 2.24) is 5.32 Å². The van der Waals surface area contributed by atoms with Crippen LogP contribution in [-0.4, -0.2) is 19.5 Å². The lowest BCUT2D eigenvalue weighted by Crippen LogP contribution is -2.41. The number of rotatable bonds is 5. The van der Waals surface area contributed by atoms with Gasteiger partial charge in [0, 0.05) is 19.3 Å². The van der Waals surface area contributed by atoms with Gasteiger partial charge in [-0.1, -0.05) is 25.5 Å². The van der Waals surface area contributed by atoms with Gasteiger partial charge in [-0.15, -0.1) is 0 Å². The second kappa shape index (κ2) is 5.42. The summed E-state index contributed by atoms with van der Waals surface area (Å²) >= 11 is 0. The van der Waals surface area contributed by atoms with Gasteiger partial charge < -0.3 is 10.6 Å². The van der Waals surface area contributed by atoms with E-state index in [1.165, 1.54) is 19.3 Å². The molecule has 0 atom stereocenters. The van der Waals surface area contributed by atoms with Crippen LogP contribution in [0, 0.1) is 5.41 Å². The minimum Gasteiger partial charge on any atom is -0.387 e. The largest absolute Gasteiger partial charge is 0.387 e. The van der Waals surface area contributed by atoms with Crippen molar-refractivity contribution in [3.8, 4) is 0 Å². The molecule has 98 valence electrons. The zero-order chi connectivity index (χ0) is 13.0. The zero-order valence-corrected chi connectivity index (χ0v) is 11.3. The van der Waals surface area contributed by atoms with Crippen LogP contribution in [0.2, 0.25) is 0 Å². The average molecular weight is 246 g/mol. The smallest absolute Gasteiger partial charge is 0.253 e. The lowest BCUT2D eigenvalue weighted by molar-refractivity contribution is 0.0851. The Morgan fingerprint density at radius 2 is 2.06 bits per heavy atom. The van der Waals surface area contributed by atoms with Gasteiger partial charge in [0.15, 0.2) is 0 Å². The first-order valence-corrected chi connectivity index (χ1v) is 6.76. The van der Waals surface area contributed by atoms with Crippen molar-refractivity contribution >= 4 is 11.6 Å². The van der Waals surface area contributed by atoms with Gasteiger partial charge >= 0.3 is 0 Å². The Morgan fingerprint density at radius 1 is 1.33 bits per heavy atom. The lowest BCUT2D eigenvalue weighted by Gasteiger charge is -2.41. The number of benzene rings is 1. The van der Waals surface area contributed by atoms with E-state index in [-0.39, 0.29) is 5.91 Å². The molecule has 0 unspecified atom stereocenters. The maximum atomic E-state index is 12.2. The Kier molecular flexibility index (Phi) is 3.90. The molecule has 1 amide bonds. The van der Waals surface area contributed by atoms with E-state index in [9.17, 15) is 4.79 Å². The summed E-state index contributed by atoms with van der Waals surface area (Å²) in [6.45, 7) is 3.02. The molecule has 0 radical (unpaired) electrons. The number of hydrogen-bond acceptors (Lipinski definition) is 2. The fourth-order valence-electron chi connectivity index (χ4n) is 2.59. The van der Waals surface area contributed by atoms with Gasteiger partial charge in [0.05, 0.1) is 5.56 Å². The van der Waals surface area contributed by atoms with Crippen LogP contribution in [0.4, 0.5) is 5.69 Å². The Morgan fingerprint density at radius 3 is 2.61 bits per heavy atom. The first-order valence-electron chi connectivity index (χ1n) is 6.76. The SMILES string of the molecule is CCC1(CNC(=O)c2ccccc2NC)CCC1. The molecule has 1 aliphatic carbocycles. The second-order valence-corrected chi connectivity index (χ2v) is 5.19. The molecular formula is C15H22N2O. The van der Waals surface area contributed by atoms with Crippen molar-refractivity contribution in [2.24, 2.45) is 5.41 Å². The first-order chi connectivity index (χ1) is 8.71. The molecule has 1 aliphatic rings. The summed E-state index contributed by atoms with van der Waals surface area (Å²) in [6.07, 6.45) is 4.95. The van der Waals surface area contributed by atoms with Crippen molar-refractivity contribution in [2.75, 3.05) is 18.9 Å². The minimum atomic E-state index is 0.0275. The predicted molar refractivity (Wildman–Crippen MR) is 74.9 cm³/mol. The fourth-order valence-corrected chi connectivity index (χ4v) is 2.59. The number of para-hydroxylation sites is 1. The fraction of sp³-hybridized carbons (Fsp3) is 0.533. The number of carbonyl (C=O) groups is 1. The van der Waals surface area contributed by atoms with Gasteiger partial charge in [-0.3, -0.25) is 4.79 Å². The molecule has 1 fully saturated rings. The van der Waals surface area contributed by atoms with E-state index in [0.29, 0.717) is 5.41 Å². The van der Waals surface area contributed by atoms with Gasteiger partial charge in [-0.25, -0.2) is 0 Å². The third kappa shape index (κ3) is 2.50. The van der Waals surface area contributed by atoms with Crippen molar-refractivity contribution in [1.29, 1.82) is 0 Å². The van der Waals surface area contributed by atoms with Crippen LogP contribution in [0.25, 0.3) is 0 Å². The van der Waals surface area contributed by atoms with Crippen molar-refractivity contribution in [3.63, 3.8) is 0 Å². The molecule has 3 heteroatoms. The lowest BCUT2D eigenvalue weighted by atomic mass is 9.67. The first kappa shape index (κ1) is 12.9. The van der Waals surface area contributed by atoms with E-state index in [1.54, 1.807) is 0 Å². The Balaban J connectivity index is 1.99. The third-order valence-corrected chi connectivity index (χ3v) is 4.23. The highest BCUT2D eigenvalue weighted by atomic mass is 16.1. The maximum absolute atomic E-state index is 12.2. The number of hydrogen-bond donors (Lipinski definition) is 2. The average Bonchev–Trinajstić information content (AvgIpc) is 2.37. The molecule has 2 N–H and O–H groups in total. The van der Waals surface area contributed by atoms with Gasteiger partial charge in [0.1, 0.15) is 0 Å². The molecule has 1 aromatic rings. The Bertz CT molecular complexity index is 419. The molecule has 1 aromatic carbocycles. The van der Waals surface area contributed by atoms with Crippen LogP contribution in [0.3, 0.4) is 0 Å². The molecule has 3 nitrogen and oxygen atoms in total. The van der Waals surface area contributed by atoms with Crippen molar-refractivity contribution in [3.05, 3.63) is 29.8 Å². The molecule has 0 bridgehead atoms. The van der Waals surface area contributed by atoms with E-state index in [2.05, 4.69) is 17.6 Å². The summed E-state index contributed by atoms with van der Waals surface area (Å²) in [5.41, 5.74) is 1.98. The van der Waals surface area contributed by atoms with E-state index in [4.69, 9.17) is 0 Å². The van der Waals surface area contributed by atoms with Crippen LogP contribution in [0.15, 0.2) is 24.3 Å². The second-order valence-electron chi connectivity index (χ2n) is 5.19. The summed E-state index contributed by atoms with van der Waals surface area (Å²) in [7, 11) is 1.84. The molecule has 0 aliphatic heterocycles. The highest BCUT2D eigenvalue weighted by Gasteiger charge is 2.35. The number of nitrogens with one attached hydrogen (secondary N) is 2. The summed E-state index contributed by atoms with van der Waals surface area (Å²) in [6, 6.07) is 7.62. The number of carbonyl (C=O) groups excluding carboxylic acids is 1. The van der Waals surface area contributed by atoms with E-state index >= 15 is 0 Å². The third-order valence-electron chi connectivity index (χ3n) is 4.23. The normalized spacial score (nSPS) is 16.8. The summed E-state index contributed by atoms with van der Waals surface area (Å²) in [5, 5.41) is 6.14. The molecule has 0 aromatic heterocycles. The minimum absolute atomic E-state index is 0.0275. The topological polar surface area (TPSA) is 41.1 Å². The summed E-state index contributed by atoms with van der Waals surface area (Å²) in [5.74, 6) is 0.0275. The molecule has 1 saturated carbocycles. The molecule has 0 heterocycles. The van der Waals surface area contributed by atoms with Gasteiger partial charge in [0.25, 0.3) is 5.91 Å². The number of anilines is 1. The summed E-state index contributed by atoms with van der Waals surface area (Å²) in [4.78, 5) is 12.2. The molecular weight excluding hydrogens is 224 g/mol. The molecule has 0 spiro atoms. The van der Waals surface area contributed by atoms with Gasteiger partial charge in [0.2, 0.25) is 0 Å². The van der Waals surface area contributed by atoms with Crippen molar-refractivity contribution in [2.45, 2.75) is 32.6 Å². The van der Waals surface area contributed by atoms with E-state index in [0.717, 1.165) is 24.2 Å². The van der Waals surface area contributed by atoms with Gasteiger partial charge in [-0.2, -0.15) is 0 Å². The monoisotopic (exact) mass is 246 g/mol. The molecule has 18 heavy (non-hydrogen) atoms. The number of amides is 1. The standard InChI is InChI=1S/C15H22N2O/c1-3-15(9-6-10-15)11-17-14(18)12-7-4-5-8-13(12)16-2/h4-5,7-8,16H,3,6,9-11H2,1-2H3,(H,17,18). The Hall–Kier alpha value is -1.51. The van der Waals surface area contributed by atoms with E-state index in [1.807, 2.05) is 31.3 Å². The van der Waals surface area contributed by atoms with Crippen LogP contribution >= 0.6 is 0 Å². The van der Waals surface area contributed by atoms with Gasteiger partial charge in [-0.05, 0) is 36.8 Å². The zero-order valence-electron chi connectivity index (χ0n) is 11.3. The summed E-state index contributed by atoms with van der Waals surface area (Å²) < 4.78 is 0. The van der Waals surface area contributed by atoms with Crippen LogP contribution in [0.5, 0.6) is 0 Å². The van der Waals surface area contributed by atoms with Crippen molar-refractivity contribution < 1.29 is 4.79 Å². The maximum Gasteiger partial charge on any atom is 0.253 e. The molecule has 2 rings (SSSR count). The Labute approximate surface area is 109 Å².